The number of nitrogens with two attached hydrogens (primary N) is 1. The van der Waals surface area contributed by atoms with Crippen molar-refractivity contribution in [3.8, 4) is 12.3 Å². The number of rotatable bonds is 4. The fraction of sp³-hybridized carbons (Fsp3) is 0.333. The Bertz CT molecular complexity index is 669. The first kappa shape index (κ1) is 15.6. The van der Waals surface area contributed by atoms with Gasteiger partial charge in [-0.1, -0.05) is 5.92 Å². The maximum Gasteiger partial charge on any atom is 0.350 e. The largest absolute Gasteiger partial charge is 0.383 e. The van der Waals surface area contributed by atoms with E-state index in [9.17, 15) is 9.18 Å². The molecule has 1 aliphatic rings. The highest BCUT2D eigenvalue weighted by Crippen LogP contribution is 2.41. The van der Waals surface area contributed by atoms with E-state index in [1.165, 1.54) is 16.8 Å². The van der Waals surface area contributed by atoms with Crippen LogP contribution in [0.1, 0.15) is 12.5 Å². The lowest BCUT2D eigenvalue weighted by Crippen LogP contribution is -2.32. The van der Waals surface area contributed by atoms with Gasteiger partial charge < -0.3 is 20.3 Å². The maximum atomic E-state index is 14.1. The predicted molar refractivity (Wildman–Crippen MR) is 74.6 cm³/mol. The van der Waals surface area contributed by atoms with Crippen LogP contribution < -0.4 is 11.4 Å². The summed E-state index contributed by atoms with van der Waals surface area (Å²) in [6.45, 7) is 0. The first-order chi connectivity index (χ1) is 9.88. The normalized spacial score (nSPS) is 24.9. The van der Waals surface area contributed by atoms with Gasteiger partial charge in [0.2, 0.25) is 0 Å². The van der Waals surface area contributed by atoms with E-state index >= 15 is 0 Å². The summed E-state index contributed by atoms with van der Waals surface area (Å²) >= 11 is 0. The summed E-state index contributed by atoms with van der Waals surface area (Å²) in [6.07, 6.45) is 7.31. The van der Waals surface area contributed by atoms with Gasteiger partial charge in [-0.3, -0.25) is 4.57 Å². The maximum absolute atomic E-state index is 14.1. The molecule has 21 heavy (non-hydrogen) atoms. The van der Waals surface area contributed by atoms with Crippen molar-refractivity contribution in [3.63, 3.8) is 0 Å². The minimum absolute atomic E-state index is 0.0516. The molecule has 9 heteroatoms. The first-order valence-electron chi connectivity index (χ1n) is 5.87. The van der Waals surface area contributed by atoms with Crippen LogP contribution >= 0.6 is 8.38 Å². The molecule has 2 rings (SSSR count). The molecule has 0 saturated heterocycles. The number of ether oxygens (including phenoxy) is 1. The first-order valence-corrected chi connectivity index (χ1v) is 7.30. The summed E-state index contributed by atoms with van der Waals surface area (Å²) in [7, 11) is -2.36. The van der Waals surface area contributed by atoms with Crippen LogP contribution in [0, 0.1) is 12.3 Å². The standard InChI is InChI=1S/C12H13FN3O4P/c1-2-12(20-7-21(18)19)6-8(5-9(12)13)16-4-3-10(14)15-11(16)17/h1,3-5,8,18-19H,6-7H2,(H2,14,15,17)/t8?,12-/m0/s1. The minimum atomic E-state index is -2.36. The van der Waals surface area contributed by atoms with Crippen LogP contribution in [0.2, 0.25) is 0 Å². The molecule has 1 unspecified atom stereocenters. The number of anilines is 1. The number of aromatic nitrogens is 2. The van der Waals surface area contributed by atoms with Gasteiger partial charge >= 0.3 is 5.69 Å². The Labute approximate surface area is 120 Å². The highest BCUT2D eigenvalue weighted by atomic mass is 31.2. The zero-order valence-electron chi connectivity index (χ0n) is 10.8. The van der Waals surface area contributed by atoms with Crippen LogP contribution in [0.5, 0.6) is 0 Å². The van der Waals surface area contributed by atoms with Crippen molar-refractivity contribution < 1.29 is 18.9 Å². The molecule has 4 N–H and O–H groups in total. The minimum Gasteiger partial charge on any atom is -0.383 e. The van der Waals surface area contributed by atoms with Gasteiger partial charge in [-0.05, 0) is 12.1 Å². The van der Waals surface area contributed by atoms with E-state index < -0.39 is 37.9 Å². The van der Waals surface area contributed by atoms with Crippen LogP contribution in [-0.2, 0) is 4.74 Å². The van der Waals surface area contributed by atoms with Crippen molar-refractivity contribution in [2.75, 3.05) is 12.1 Å². The number of allylic oxidation sites excluding steroid dienone is 1. The van der Waals surface area contributed by atoms with Crippen LogP contribution in [0.3, 0.4) is 0 Å². The molecule has 2 atom stereocenters. The lowest BCUT2D eigenvalue weighted by atomic mass is 10.0. The lowest BCUT2D eigenvalue weighted by Gasteiger charge is -2.24. The Morgan fingerprint density at radius 3 is 3.00 bits per heavy atom. The molecule has 1 aliphatic carbocycles. The summed E-state index contributed by atoms with van der Waals surface area (Å²) in [5.41, 5.74) is 3.04. The molecule has 7 nitrogen and oxygen atoms in total. The van der Waals surface area contributed by atoms with E-state index in [-0.39, 0.29) is 12.2 Å². The molecule has 1 aromatic heterocycles. The molecule has 0 amide bonds. The molecule has 0 bridgehead atoms. The summed E-state index contributed by atoms with van der Waals surface area (Å²) in [4.78, 5) is 33.0. The molecule has 0 aliphatic heterocycles. The number of nitrogens with zero attached hydrogens (tertiary/aromatic N) is 2. The highest BCUT2D eigenvalue weighted by Gasteiger charge is 2.43. The van der Waals surface area contributed by atoms with E-state index in [2.05, 4.69) is 10.9 Å². The Morgan fingerprint density at radius 1 is 1.71 bits per heavy atom. The third-order valence-electron chi connectivity index (χ3n) is 3.09. The quantitative estimate of drug-likeness (QED) is 0.543. The van der Waals surface area contributed by atoms with Crippen LogP contribution in [0.15, 0.2) is 29.0 Å². The van der Waals surface area contributed by atoms with Crippen molar-refractivity contribution in [2.45, 2.75) is 18.1 Å². The topological polar surface area (TPSA) is 111 Å². The fourth-order valence-corrected chi connectivity index (χ4v) is 2.41. The molecular weight excluding hydrogens is 300 g/mol. The number of halogens is 1. The highest BCUT2D eigenvalue weighted by molar-refractivity contribution is 7.44. The number of nitrogen functional groups attached to an aromatic ring is 1. The van der Waals surface area contributed by atoms with Crippen molar-refractivity contribution in [3.05, 3.63) is 34.7 Å². The molecule has 0 spiro atoms. The van der Waals surface area contributed by atoms with Crippen LogP contribution in [0.4, 0.5) is 10.2 Å². The molecule has 0 radical (unpaired) electrons. The zero-order chi connectivity index (χ0) is 15.6. The van der Waals surface area contributed by atoms with Crippen molar-refractivity contribution in [1.29, 1.82) is 0 Å². The predicted octanol–water partition coefficient (Wildman–Crippen LogP) is 0.266. The van der Waals surface area contributed by atoms with Gasteiger partial charge in [0.15, 0.2) is 14.0 Å². The van der Waals surface area contributed by atoms with Crippen LogP contribution in [-0.4, -0.2) is 31.3 Å². The van der Waals surface area contributed by atoms with Gasteiger partial charge in [-0.25, -0.2) is 9.18 Å². The second-order valence-corrected chi connectivity index (χ2v) is 5.45. The summed E-state index contributed by atoms with van der Waals surface area (Å²) in [5.74, 6) is 1.48. The van der Waals surface area contributed by atoms with Gasteiger partial charge in [0, 0.05) is 12.6 Å². The molecular formula is C12H13FN3O4P. The molecule has 0 saturated carbocycles. The number of hydrogen-bond donors (Lipinski definition) is 3. The Morgan fingerprint density at radius 2 is 2.43 bits per heavy atom. The fourth-order valence-electron chi connectivity index (χ4n) is 2.08. The van der Waals surface area contributed by atoms with Gasteiger partial charge in [-0.2, -0.15) is 4.98 Å². The molecule has 1 aromatic rings. The van der Waals surface area contributed by atoms with Gasteiger partial charge in [-0.15, -0.1) is 6.42 Å². The molecule has 0 fully saturated rings. The Balaban J connectivity index is 2.28. The second kappa shape index (κ2) is 5.92. The Hall–Kier alpha value is -1.78. The molecule has 0 aromatic carbocycles. The van der Waals surface area contributed by atoms with Crippen LogP contribution in [0.25, 0.3) is 0 Å². The van der Waals surface area contributed by atoms with Crippen molar-refractivity contribution >= 4 is 14.2 Å². The van der Waals surface area contributed by atoms with E-state index in [1.807, 2.05) is 0 Å². The van der Waals surface area contributed by atoms with Gasteiger partial charge in [0.25, 0.3) is 0 Å². The Kier molecular flexibility index (Phi) is 4.40. The monoisotopic (exact) mass is 313 g/mol. The van der Waals surface area contributed by atoms with Crippen molar-refractivity contribution in [2.24, 2.45) is 0 Å². The molecule has 112 valence electrons. The number of hydrogen-bond acceptors (Lipinski definition) is 6. The van der Waals surface area contributed by atoms with Crippen molar-refractivity contribution in [1.82, 2.24) is 9.55 Å². The number of terminal acetylenes is 1. The average molecular weight is 313 g/mol. The zero-order valence-corrected chi connectivity index (χ0v) is 11.7. The SMILES string of the molecule is C#C[C@]1(OCP(O)O)CC(n2ccc(N)nc2=O)C=C1F. The van der Waals surface area contributed by atoms with E-state index in [1.54, 1.807) is 0 Å². The van der Waals surface area contributed by atoms with E-state index in [4.69, 9.17) is 26.7 Å². The average Bonchev–Trinajstić information content (AvgIpc) is 2.74. The summed E-state index contributed by atoms with van der Waals surface area (Å²) < 4.78 is 20.4. The van der Waals surface area contributed by atoms with E-state index in [0.29, 0.717) is 0 Å². The summed E-state index contributed by atoms with van der Waals surface area (Å²) in [5, 5.41) is 0. The second-order valence-electron chi connectivity index (χ2n) is 4.45. The molecule has 1 heterocycles. The van der Waals surface area contributed by atoms with Gasteiger partial charge in [0.1, 0.15) is 18.0 Å². The lowest BCUT2D eigenvalue weighted by molar-refractivity contribution is 0.0322. The third kappa shape index (κ3) is 3.12. The third-order valence-corrected chi connectivity index (χ3v) is 3.45. The van der Waals surface area contributed by atoms with Gasteiger partial charge in [0.05, 0.1) is 6.04 Å². The smallest absolute Gasteiger partial charge is 0.350 e. The summed E-state index contributed by atoms with van der Waals surface area (Å²) in [6, 6.07) is 0.718. The van der Waals surface area contributed by atoms with E-state index in [0.717, 1.165) is 6.08 Å².